The molecule has 3 nitrogen and oxygen atoms in total. The number of hydrogen-bond acceptors (Lipinski definition) is 2. The van der Waals surface area contributed by atoms with Gasteiger partial charge in [-0.25, -0.2) is 8.78 Å². The first-order valence-electron chi connectivity index (χ1n) is 9.25. The van der Waals surface area contributed by atoms with Gasteiger partial charge < -0.3 is 5.32 Å². The van der Waals surface area contributed by atoms with Crippen molar-refractivity contribution in [1.29, 1.82) is 0 Å². The van der Waals surface area contributed by atoms with Crippen molar-refractivity contribution in [3.8, 4) is 11.3 Å². The Bertz CT molecular complexity index is 1030. The summed E-state index contributed by atoms with van der Waals surface area (Å²) in [6.07, 6.45) is 3.25. The van der Waals surface area contributed by atoms with Crippen LogP contribution in [-0.2, 0) is 5.41 Å². The summed E-state index contributed by atoms with van der Waals surface area (Å²) in [7, 11) is 0. The number of nitrogens with zero attached hydrogens (tertiary/aromatic N) is 1. The van der Waals surface area contributed by atoms with E-state index in [1.807, 2.05) is 37.3 Å². The van der Waals surface area contributed by atoms with Crippen molar-refractivity contribution in [2.24, 2.45) is 0 Å². The first-order valence-corrected chi connectivity index (χ1v) is 9.25. The molecule has 0 radical (unpaired) electrons. The Balaban J connectivity index is 1.53. The number of pyridine rings is 1. The molecule has 1 saturated carbocycles. The predicted molar refractivity (Wildman–Crippen MR) is 104 cm³/mol. The van der Waals surface area contributed by atoms with Gasteiger partial charge in [0.25, 0.3) is 5.91 Å². The van der Waals surface area contributed by atoms with Crippen LogP contribution in [0.2, 0.25) is 0 Å². The Morgan fingerprint density at radius 1 is 1.11 bits per heavy atom. The van der Waals surface area contributed by atoms with Crippen LogP contribution in [0, 0.1) is 18.6 Å². The lowest BCUT2D eigenvalue weighted by atomic mass is 9.94. The second kappa shape index (κ2) is 7.15. The number of rotatable bonds is 5. The third-order valence-corrected chi connectivity index (χ3v) is 5.46. The lowest BCUT2D eigenvalue weighted by Gasteiger charge is -2.18. The molecule has 1 aliphatic rings. The Labute approximate surface area is 162 Å². The van der Waals surface area contributed by atoms with Crippen molar-refractivity contribution < 1.29 is 13.6 Å². The highest BCUT2D eigenvalue weighted by atomic mass is 19.1. The van der Waals surface area contributed by atoms with Gasteiger partial charge in [0.05, 0.1) is 5.69 Å². The SMILES string of the molecule is Cc1c(C(=O)NCC2(c3ccc(F)cc3F)CC2)cccc1-c1ccccn1. The lowest BCUT2D eigenvalue weighted by Crippen LogP contribution is -2.33. The first kappa shape index (κ1) is 18.3. The molecule has 1 heterocycles. The van der Waals surface area contributed by atoms with Gasteiger partial charge >= 0.3 is 0 Å². The number of amides is 1. The molecular formula is C23H20F2N2O. The largest absolute Gasteiger partial charge is 0.351 e. The maximum atomic E-state index is 14.2. The van der Waals surface area contributed by atoms with Gasteiger partial charge in [0.2, 0.25) is 0 Å². The zero-order valence-electron chi connectivity index (χ0n) is 15.5. The molecular weight excluding hydrogens is 358 g/mol. The number of carbonyl (C=O) groups is 1. The number of aromatic nitrogens is 1. The summed E-state index contributed by atoms with van der Waals surface area (Å²) in [5, 5.41) is 2.94. The summed E-state index contributed by atoms with van der Waals surface area (Å²) in [5.74, 6) is -1.35. The third-order valence-electron chi connectivity index (χ3n) is 5.46. The fraction of sp³-hybridized carbons (Fsp3) is 0.217. The summed E-state index contributed by atoms with van der Waals surface area (Å²) < 4.78 is 27.4. The van der Waals surface area contributed by atoms with E-state index in [1.165, 1.54) is 12.1 Å². The molecule has 3 aromatic rings. The van der Waals surface area contributed by atoms with Crippen LogP contribution in [0.3, 0.4) is 0 Å². The van der Waals surface area contributed by atoms with Gasteiger partial charge in [0, 0.05) is 35.3 Å². The Morgan fingerprint density at radius 2 is 1.93 bits per heavy atom. The molecule has 1 N–H and O–H groups in total. The molecule has 28 heavy (non-hydrogen) atoms. The molecule has 1 aliphatic carbocycles. The predicted octanol–water partition coefficient (Wildman–Crippen LogP) is 4.80. The minimum Gasteiger partial charge on any atom is -0.351 e. The summed E-state index contributed by atoms with van der Waals surface area (Å²) >= 11 is 0. The van der Waals surface area contributed by atoms with Crippen LogP contribution in [0.5, 0.6) is 0 Å². The minimum absolute atomic E-state index is 0.205. The fourth-order valence-electron chi connectivity index (χ4n) is 3.64. The second-order valence-corrected chi connectivity index (χ2v) is 7.28. The highest BCUT2D eigenvalue weighted by molar-refractivity contribution is 5.97. The number of nitrogens with one attached hydrogen (secondary N) is 1. The van der Waals surface area contributed by atoms with Crippen LogP contribution in [0.25, 0.3) is 11.3 Å². The summed E-state index contributed by atoms with van der Waals surface area (Å²) in [6, 6.07) is 14.8. The van der Waals surface area contributed by atoms with Crippen LogP contribution >= 0.6 is 0 Å². The Hall–Kier alpha value is -3.08. The maximum Gasteiger partial charge on any atom is 0.251 e. The van der Waals surface area contributed by atoms with E-state index in [0.29, 0.717) is 17.7 Å². The zero-order valence-corrected chi connectivity index (χ0v) is 15.5. The smallest absolute Gasteiger partial charge is 0.251 e. The lowest BCUT2D eigenvalue weighted by molar-refractivity contribution is 0.0949. The van der Waals surface area contributed by atoms with Crippen LogP contribution in [0.15, 0.2) is 60.8 Å². The molecule has 2 aromatic carbocycles. The zero-order chi connectivity index (χ0) is 19.7. The molecule has 4 rings (SSSR count). The van der Waals surface area contributed by atoms with Gasteiger partial charge in [-0.1, -0.05) is 24.3 Å². The molecule has 142 valence electrons. The highest BCUT2D eigenvalue weighted by Crippen LogP contribution is 2.48. The summed E-state index contributed by atoms with van der Waals surface area (Å²) in [5.41, 5.74) is 3.14. The van der Waals surface area contributed by atoms with Gasteiger partial charge in [-0.2, -0.15) is 0 Å². The molecule has 1 amide bonds. The van der Waals surface area contributed by atoms with Crippen molar-refractivity contribution in [2.75, 3.05) is 6.54 Å². The van der Waals surface area contributed by atoms with Crippen LogP contribution in [-0.4, -0.2) is 17.4 Å². The molecule has 1 aromatic heterocycles. The molecule has 0 aliphatic heterocycles. The molecule has 1 fully saturated rings. The van der Waals surface area contributed by atoms with Crippen LogP contribution in [0.1, 0.15) is 34.3 Å². The number of benzene rings is 2. The van der Waals surface area contributed by atoms with E-state index >= 15 is 0 Å². The number of hydrogen-bond donors (Lipinski definition) is 1. The topological polar surface area (TPSA) is 42.0 Å². The van der Waals surface area contributed by atoms with Gasteiger partial charge in [0.15, 0.2) is 0 Å². The molecule has 0 atom stereocenters. The fourth-order valence-corrected chi connectivity index (χ4v) is 3.64. The van der Waals surface area contributed by atoms with E-state index in [9.17, 15) is 13.6 Å². The van der Waals surface area contributed by atoms with E-state index in [1.54, 1.807) is 12.3 Å². The molecule has 0 saturated heterocycles. The molecule has 5 heteroatoms. The van der Waals surface area contributed by atoms with Crippen molar-refractivity contribution in [2.45, 2.75) is 25.2 Å². The van der Waals surface area contributed by atoms with Crippen LogP contribution in [0.4, 0.5) is 8.78 Å². The van der Waals surface area contributed by atoms with E-state index in [4.69, 9.17) is 0 Å². The van der Waals surface area contributed by atoms with Crippen molar-refractivity contribution in [1.82, 2.24) is 10.3 Å². The normalized spacial score (nSPS) is 14.5. The number of halogens is 2. The first-order chi connectivity index (χ1) is 13.5. The molecule has 0 unspecified atom stereocenters. The molecule has 0 bridgehead atoms. The minimum atomic E-state index is -0.594. The summed E-state index contributed by atoms with van der Waals surface area (Å²) in [6.45, 7) is 2.22. The van der Waals surface area contributed by atoms with Gasteiger partial charge in [-0.3, -0.25) is 9.78 Å². The van der Waals surface area contributed by atoms with E-state index in [2.05, 4.69) is 10.3 Å². The average Bonchev–Trinajstić information content (AvgIpc) is 3.48. The van der Waals surface area contributed by atoms with Crippen molar-refractivity contribution in [3.05, 3.63) is 89.1 Å². The standard InChI is InChI=1S/C23H20F2N2O/c1-15-17(21-7-2-3-12-26-21)5-4-6-18(15)22(28)27-14-23(10-11-23)19-9-8-16(24)13-20(19)25/h2-9,12-13H,10-11,14H2,1H3,(H,27,28). The van der Waals surface area contributed by atoms with Crippen LogP contribution < -0.4 is 5.32 Å². The van der Waals surface area contributed by atoms with Crippen molar-refractivity contribution >= 4 is 5.91 Å². The van der Waals surface area contributed by atoms with Crippen molar-refractivity contribution in [3.63, 3.8) is 0 Å². The highest BCUT2D eigenvalue weighted by Gasteiger charge is 2.46. The Morgan fingerprint density at radius 3 is 2.61 bits per heavy atom. The van der Waals surface area contributed by atoms with Gasteiger partial charge in [-0.15, -0.1) is 0 Å². The van der Waals surface area contributed by atoms with E-state index < -0.39 is 17.0 Å². The third kappa shape index (κ3) is 3.40. The average molecular weight is 378 g/mol. The summed E-state index contributed by atoms with van der Waals surface area (Å²) in [4.78, 5) is 17.2. The van der Waals surface area contributed by atoms with Gasteiger partial charge in [0.1, 0.15) is 11.6 Å². The Kier molecular flexibility index (Phi) is 4.67. The number of carbonyl (C=O) groups excluding carboxylic acids is 1. The van der Waals surface area contributed by atoms with E-state index in [0.717, 1.165) is 35.7 Å². The van der Waals surface area contributed by atoms with E-state index in [-0.39, 0.29) is 5.91 Å². The monoisotopic (exact) mass is 378 g/mol. The van der Waals surface area contributed by atoms with Gasteiger partial charge in [-0.05, 0) is 55.2 Å². The second-order valence-electron chi connectivity index (χ2n) is 7.28. The molecule has 0 spiro atoms. The quantitative estimate of drug-likeness (QED) is 0.693. The maximum absolute atomic E-state index is 14.2.